The summed E-state index contributed by atoms with van der Waals surface area (Å²) < 4.78 is 6.15. The summed E-state index contributed by atoms with van der Waals surface area (Å²) in [5.41, 5.74) is 1.26. The summed E-state index contributed by atoms with van der Waals surface area (Å²) in [5.74, 6) is 1.36. The maximum Gasteiger partial charge on any atom is 0.124 e. The molecule has 0 bridgehead atoms. The van der Waals surface area contributed by atoms with Gasteiger partial charge in [0.05, 0.1) is 18.2 Å². The van der Waals surface area contributed by atoms with Crippen LogP contribution in [0.3, 0.4) is 0 Å². The van der Waals surface area contributed by atoms with Gasteiger partial charge in [0, 0.05) is 18.3 Å². The van der Waals surface area contributed by atoms with Crippen molar-refractivity contribution in [3.63, 3.8) is 0 Å². The quantitative estimate of drug-likeness (QED) is 0.881. The van der Waals surface area contributed by atoms with E-state index in [4.69, 9.17) is 9.73 Å². The summed E-state index contributed by atoms with van der Waals surface area (Å²) in [6.45, 7) is 0.601. The molecule has 25 heavy (non-hydrogen) atoms. The molecule has 0 amide bonds. The zero-order valence-electron chi connectivity index (χ0n) is 14.7. The number of nitrogens with one attached hydrogen (secondary N) is 1. The largest absolute Gasteiger partial charge is 0.370 e. The fourth-order valence-corrected chi connectivity index (χ4v) is 4.08. The molecule has 1 aromatic carbocycles. The second-order valence-corrected chi connectivity index (χ2v) is 7.25. The van der Waals surface area contributed by atoms with Gasteiger partial charge in [0.2, 0.25) is 0 Å². The van der Waals surface area contributed by atoms with Crippen molar-refractivity contribution in [2.45, 2.75) is 56.7 Å². The molecule has 3 atom stereocenters. The molecule has 0 saturated heterocycles. The van der Waals surface area contributed by atoms with E-state index in [9.17, 15) is 0 Å². The highest BCUT2D eigenvalue weighted by molar-refractivity contribution is 5.86. The van der Waals surface area contributed by atoms with Crippen LogP contribution in [0.1, 0.15) is 50.1 Å². The molecule has 3 aliphatic rings. The highest BCUT2D eigenvalue weighted by atomic mass is 16.5. The van der Waals surface area contributed by atoms with Crippen LogP contribution in [0.25, 0.3) is 0 Å². The van der Waals surface area contributed by atoms with Gasteiger partial charge in [-0.1, -0.05) is 55.7 Å². The minimum Gasteiger partial charge on any atom is -0.370 e. The van der Waals surface area contributed by atoms with Crippen LogP contribution < -0.4 is 5.32 Å². The summed E-state index contributed by atoms with van der Waals surface area (Å²) in [5, 5.41) is 3.65. The lowest BCUT2D eigenvalue weighted by Crippen LogP contribution is -2.40. The van der Waals surface area contributed by atoms with Crippen molar-refractivity contribution >= 4 is 12.1 Å². The zero-order valence-corrected chi connectivity index (χ0v) is 14.7. The van der Waals surface area contributed by atoms with E-state index in [2.05, 4.69) is 52.9 Å². The molecule has 0 aromatic heterocycles. The molecule has 1 unspecified atom stereocenters. The Hall–Kier alpha value is -1.94. The van der Waals surface area contributed by atoms with Crippen molar-refractivity contribution in [3.8, 4) is 0 Å². The monoisotopic (exact) mass is 337 g/mol. The summed E-state index contributed by atoms with van der Waals surface area (Å²) in [7, 11) is 0. The molecule has 1 aliphatic carbocycles. The Bertz CT molecular complexity index is 646. The SMILES string of the molecule is C1=CN=CC([C@@H]2NC(COC3CCCCC3)=N[C@@H]2c2ccccc2)C1. The lowest BCUT2D eigenvalue weighted by Gasteiger charge is -2.26. The molecule has 0 radical (unpaired) electrons. The molecule has 1 N–H and O–H groups in total. The van der Waals surface area contributed by atoms with Gasteiger partial charge in [0.25, 0.3) is 0 Å². The van der Waals surface area contributed by atoms with E-state index in [0.29, 0.717) is 18.6 Å². The van der Waals surface area contributed by atoms with Gasteiger partial charge in [-0.15, -0.1) is 0 Å². The Morgan fingerprint density at radius 1 is 1.08 bits per heavy atom. The van der Waals surface area contributed by atoms with Crippen molar-refractivity contribution < 1.29 is 4.74 Å². The van der Waals surface area contributed by atoms with E-state index in [1.165, 1.54) is 37.7 Å². The molecule has 1 fully saturated rings. The zero-order chi connectivity index (χ0) is 16.9. The van der Waals surface area contributed by atoms with Crippen LogP contribution in [-0.2, 0) is 4.74 Å². The summed E-state index contributed by atoms with van der Waals surface area (Å²) >= 11 is 0. The molecule has 2 aliphatic heterocycles. The highest BCUT2D eigenvalue weighted by Crippen LogP contribution is 2.32. The van der Waals surface area contributed by atoms with Crippen molar-refractivity contribution in [3.05, 3.63) is 48.2 Å². The molecule has 4 heteroatoms. The number of hydrogen-bond donors (Lipinski definition) is 1. The maximum atomic E-state index is 6.15. The third-order valence-corrected chi connectivity index (χ3v) is 5.46. The molecular formula is C21H27N3O. The number of hydrogen-bond acceptors (Lipinski definition) is 4. The standard InChI is InChI=1S/C21H27N3O/c1-3-8-16(9-4-1)20-21(17-10-7-13-22-14-17)24-19(23-20)15-25-18-11-5-2-6-12-18/h1,3-4,7-9,13-14,17-18,20-21H,2,5-6,10-12,15H2,(H,23,24)/t17?,20-,21+/m1/s1. The number of rotatable bonds is 5. The van der Waals surface area contributed by atoms with E-state index in [-0.39, 0.29) is 12.1 Å². The first-order valence-electron chi connectivity index (χ1n) is 9.58. The lowest BCUT2D eigenvalue weighted by molar-refractivity contribution is 0.0519. The average Bonchev–Trinajstić information content (AvgIpc) is 3.13. The van der Waals surface area contributed by atoms with E-state index < -0.39 is 0 Å². The van der Waals surface area contributed by atoms with Gasteiger partial charge in [0.15, 0.2) is 0 Å². The first kappa shape index (κ1) is 16.5. The predicted molar refractivity (Wildman–Crippen MR) is 102 cm³/mol. The van der Waals surface area contributed by atoms with Gasteiger partial charge in [-0.3, -0.25) is 9.98 Å². The smallest absolute Gasteiger partial charge is 0.124 e. The number of ether oxygens (including phenoxy) is 1. The van der Waals surface area contributed by atoms with Crippen molar-refractivity contribution in [2.75, 3.05) is 6.61 Å². The molecule has 1 aromatic rings. The maximum absolute atomic E-state index is 6.15. The number of nitrogens with zero attached hydrogens (tertiary/aromatic N) is 2. The van der Waals surface area contributed by atoms with Crippen molar-refractivity contribution in [1.82, 2.24) is 5.32 Å². The fourth-order valence-electron chi connectivity index (χ4n) is 4.08. The first-order chi connectivity index (χ1) is 12.4. The highest BCUT2D eigenvalue weighted by Gasteiger charge is 2.35. The van der Waals surface area contributed by atoms with Crippen molar-refractivity contribution in [1.29, 1.82) is 0 Å². The van der Waals surface area contributed by atoms with E-state index >= 15 is 0 Å². The van der Waals surface area contributed by atoms with Gasteiger partial charge >= 0.3 is 0 Å². The second kappa shape index (κ2) is 7.96. The van der Waals surface area contributed by atoms with Gasteiger partial charge in [0.1, 0.15) is 12.4 Å². The van der Waals surface area contributed by atoms with Gasteiger partial charge < -0.3 is 10.1 Å². The molecule has 0 spiro atoms. The Kier molecular flexibility index (Phi) is 5.26. The number of benzene rings is 1. The van der Waals surface area contributed by atoms with Crippen LogP contribution in [-0.4, -0.2) is 30.8 Å². The number of aliphatic imine (C=N–C) groups is 2. The normalized spacial score (nSPS) is 29.4. The lowest BCUT2D eigenvalue weighted by atomic mass is 9.88. The van der Waals surface area contributed by atoms with E-state index in [1.54, 1.807) is 0 Å². The van der Waals surface area contributed by atoms with Gasteiger partial charge in [-0.2, -0.15) is 0 Å². The number of allylic oxidation sites excluding steroid dienone is 1. The van der Waals surface area contributed by atoms with Crippen LogP contribution in [0.2, 0.25) is 0 Å². The topological polar surface area (TPSA) is 46.0 Å². The molecule has 4 rings (SSSR count). The minimum absolute atomic E-state index is 0.133. The first-order valence-corrected chi connectivity index (χ1v) is 9.58. The summed E-state index contributed by atoms with van der Waals surface area (Å²) in [6.07, 6.45) is 13.8. The molecule has 2 heterocycles. The van der Waals surface area contributed by atoms with Crippen LogP contribution >= 0.6 is 0 Å². The summed E-state index contributed by atoms with van der Waals surface area (Å²) in [6, 6.07) is 11.0. The number of amidine groups is 1. The Labute approximate surface area is 150 Å². The van der Waals surface area contributed by atoms with Crippen LogP contribution in [0.4, 0.5) is 0 Å². The minimum atomic E-state index is 0.133. The third-order valence-electron chi connectivity index (χ3n) is 5.46. The van der Waals surface area contributed by atoms with Crippen LogP contribution in [0.5, 0.6) is 0 Å². The summed E-state index contributed by atoms with van der Waals surface area (Å²) in [4.78, 5) is 9.34. The van der Waals surface area contributed by atoms with Crippen molar-refractivity contribution in [2.24, 2.45) is 15.9 Å². The molecular weight excluding hydrogens is 310 g/mol. The Balaban J connectivity index is 1.46. The van der Waals surface area contributed by atoms with E-state index in [1.807, 2.05) is 6.20 Å². The predicted octanol–water partition coefficient (Wildman–Crippen LogP) is 4.05. The molecule has 4 nitrogen and oxygen atoms in total. The molecule has 1 saturated carbocycles. The average molecular weight is 337 g/mol. The van der Waals surface area contributed by atoms with Crippen LogP contribution in [0.15, 0.2) is 52.6 Å². The third kappa shape index (κ3) is 4.01. The Morgan fingerprint density at radius 3 is 2.68 bits per heavy atom. The Morgan fingerprint density at radius 2 is 1.92 bits per heavy atom. The van der Waals surface area contributed by atoms with E-state index in [0.717, 1.165) is 12.3 Å². The van der Waals surface area contributed by atoms with Gasteiger partial charge in [-0.25, -0.2) is 0 Å². The van der Waals surface area contributed by atoms with Gasteiger partial charge in [-0.05, 0) is 24.8 Å². The second-order valence-electron chi connectivity index (χ2n) is 7.25. The fraction of sp³-hybridized carbons (Fsp3) is 0.524. The molecule has 132 valence electrons. The van der Waals surface area contributed by atoms with Crippen LogP contribution in [0, 0.1) is 5.92 Å².